The van der Waals surface area contributed by atoms with Crippen LogP contribution in [0.2, 0.25) is 0 Å². The largest absolute Gasteiger partial charge is 0.300 e. The molecular formula is C12H18N4O. The van der Waals surface area contributed by atoms with E-state index in [4.69, 9.17) is 0 Å². The normalized spacial score (nSPS) is 22.8. The molecule has 5 heteroatoms. The van der Waals surface area contributed by atoms with Gasteiger partial charge in [0.15, 0.2) is 6.29 Å². The number of carbonyl (C=O) groups is 1. The highest BCUT2D eigenvalue weighted by Gasteiger charge is 2.33. The first-order valence-corrected chi connectivity index (χ1v) is 6.44. The first-order valence-electron chi connectivity index (χ1n) is 6.44. The van der Waals surface area contributed by atoms with Crippen molar-refractivity contribution in [3.63, 3.8) is 0 Å². The molecule has 0 atom stereocenters. The van der Waals surface area contributed by atoms with E-state index >= 15 is 0 Å². The topological polar surface area (TPSA) is 51.0 Å². The van der Waals surface area contributed by atoms with Crippen LogP contribution >= 0.6 is 0 Å². The Morgan fingerprint density at radius 2 is 2.12 bits per heavy atom. The molecule has 17 heavy (non-hydrogen) atoms. The molecule has 5 nitrogen and oxygen atoms in total. The molecule has 3 rings (SSSR count). The number of nitrogens with zero attached hydrogens (tertiary/aromatic N) is 4. The molecule has 0 radical (unpaired) electrons. The Morgan fingerprint density at radius 3 is 2.76 bits per heavy atom. The van der Waals surface area contributed by atoms with Crippen molar-refractivity contribution in [2.24, 2.45) is 5.92 Å². The van der Waals surface area contributed by atoms with Crippen molar-refractivity contribution in [1.29, 1.82) is 0 Å². The van der Waals surface area contributed by atoms with E-state index in [9.17, 15) is 4.79 Å². The number of carbonyl (C=O) groups excluding carboxylic acids is 1. The van der Waals surface area contributed by atoms with Crippen molar-refractivity contribution >= 4 is 6.29 Å². The van der Waals surface area contributed by atoms with E-state index in [0.29, 0.717) is 11.6 Å². The third kappa shape index (κ3) is 2.24. The average Bonchev–Trinajstić information content (AvgIpc) is 2.94. The predicted molar refractivity (Wildman–Crippen MR) is 62.7 cm³/mol. The van der Waals surface area contributed by atoms with Crippen LogP contribution in [0.1, 0.15) is 36.2 Å². The van der Waals surface area contributed by atoms with Gasteiger partial charge in [-0.3, -0.25) is 14.4 Å². The molecule has 0 unspecified atom stereocenters. The summed E-state index contributed by atoms with van der Waals surface area (Å²) < 4.78 is 1.79. The van der Waals surface area contributed by atoms with Crippen LogP contribution in [0.4, 0.5) is 0 Å². The Bertz CT molecular complexity index is 391. The van der Waals surface area contributed by atoms with Gasteiger partial charge in [0.1, 0.15) is 5.69 Å². The molecule has 1 saturated carbocycles. The molecule has 1 aliphatic carbocycles. The maximum Gasteiger partial charge on any atom is 0.171 e. The maximum absolute atomic E-state index is 10.5. The molecule has 0 spiro atoms. The molecule has 0 amide bonds. The highest BCUT2D eigenvalue weighted by molar-refractivity contribution is 5.70. The molecular weight excluding hydrogens is 216 g/mol. The smallest absolute Gasteiger partial charge is 0.171 e. The van der Waals surface area contributed by atoms with E-state index in [-0.39, 0.29) is 0 Å². The number of hydrogen-bond donors (Lipinski definition) is 0. The summed E-state index contributed by atoms with van der Waals surface area (Å²) in [4.78, 5) is 13.1. The fourth-order valence-corrected chi connectivity index (χ4v) is 3.01. The van der Waals surface area contributed by atoms with E-state index in [1.165, 1.54) is 38.8 Å². The molecule has 1 aromatic rings. The van der Waals surface area contributed by atoms with Crippen molar-refractivity contribution in [3.8, 4) is 0 Å². The second kappa shape index (κ2) is 4.56. The molecule has 0 aromatic carbocycles. The van der Waals surface area contributed by atoms with E-state index in [0.717, 1.165) is 18.9 Å². The van der Waals surface area contributed by atoms with Crippen LogP contribution in [-0.2, 0) is 6.54 Å². The summed E-state index contributed by atoms with van der Waals surface area (Å²) in [6, 6.07) is 0.840. The summed E-state index contributed by atoms with van der Waals surface area (Å²) in [6.45, 7) is 3.26. The summed E-state index contributed by atoms with van der Waals surface area (Å²) in [6.07, 6.45) is 8.03. The van der Waals surface area contributed by atoms with Gasteiger partial charge in [-0.25, -0.2) is 0 Å². The second-order valence-electron chi connectivity index (χ2n) is 5.24. The number of hydrogen-bond acceptors (Lipinski definition) is 4. The summed E-state index contributed by atoms with van der Waals surface area (Å²) >= 11 is 0. The van der Waals surface area contributed by atoms with Gasteiger partial charge in [-0.2, -0.15) is 0 Å². The van der Waals surface area contributed by atoms with Crippen LogP contribution in [0.3, 0.4) is 0 Å². The van der Waals surface area contributed by atoms with Crippen LogP contribution in [0.5, 0.6) is 0 Å². The van der Waals surface area contributed by atoms with Crippen molar-refractivity contribution in [2.75, 3.05) is 13.1 Å². The molecule has 92 valence electrons. The summed E-state index contributed by atoms with van der Waals surface area (Å²) in [7, 11) is 0. The average molecular weight is 234 g/mol. The minimum atomic E-state index is 0.428. The predicted octanol–water partition coefficient (Wildman–Crippen LogP) is 0.965. The Hall–Kier alpha value is -1.23. The van der Waals surface area contributed by atoms with Crippen molar-refractivity contribution in [3.05, 3.63) is 11.9 Å². The first kappa shape index (κ1) is 10.9. The summed E-state index contributed by atoms with van der Waals surface area (Å²) in [5.74, 6) is 0.678. The third-order valence-electron chi connectivity index (χ3n) is 3.95. The highest BCUT2D eigenvalue weighted by Crippen LogP contribution is 2.29. The quantitative estimate of drug-likeness (QED) is 0.728. The van der Waals surface area contributed by atoms with Gasteiger partial charge in [-0.1, -0.05) is 18.1 Å². The molecule has 1 saturated heterocycles. The Kier molecular flexibility index (Phi) is 2.93. The summed E-state index contributed by atoms with van der Waals surface area (Å²) in [5, 5.41) is 7.72. The second-order valence-corrected chi connectivity index (χ2v) is 5.24. The Morgan fingerprint density at radius 1 is 1.35 bits per heavy atom. The van der Waals surface area contributed by atoms with Gasteiger partial charge in [-0.05, 0) is 12.8 Å². The molecule has 2 aliphatic rings. The van der Waals surface area contributed by atoms with Crippen LogP contribution in [0, 0.1) is 5.92 Å². The number of aldehydes is 1. The van der Waals surface area contributed by atoms with Gasteiger partial charge in [0, 0.05) is 31.6 Å². The lowest BCUT2D eigenvalue weighted by Crippen LogP contribution is -2.52. The van der Waals surface area contributed by atoms with Gasteiger partial charge in [0.05, 0.1) is 6.20 Å². The van der Waals surface area contributed by atoms with Crippen LogP contribution in [0.15, 0.2) is 6.20 Å². The number of rotatable bonds is 4. The fraction of sp³-hybridized carbons (Fsp3) is 0.750. The van der Waals surface area contributed by atoms with E-state index < -0.39 is 0 Å². The summed E-state index contributed by atoms with van der Waals surface area (Å²) in [5.41, 5.74) is 0.428. The van der Waals surface area contributed by atoms with Gasteiger partial charge in [0.25, 0.3) is 0 Å². The first-order chi connectivity index (χ1) is 8.35. The lowest BCUT2D eigenvalue weighted by molar-refractivity contribution is 0.0435. The van der Waals surface area contributed by atoms with Gasteiger partial charge < -0.3 is 0 Å². The zero-order chi connectivity index (χ0) is 11.7. The molecule has 2 fully saturated rings. The van der Waals surface area contributed by atoms with Crippen LogP contribution in [-0.4, -0.2) is 45.3 Å². The van der Waals surface area contributed by atoms with E-state index in [1.807, 2.05) is 0 Å². The zero-order valence-corrected chi connectivity index (χ0v) is 9.96. The van der Waals surface area contributed by atoms with Crippen LogP contribution < -0.4 is 0 Å². The Labute approximate surface area is 101 Å². The third-order valence-corrected chi connectivity index (χ3v) is 3.95. The Balaban J connectivity index is 1.47. The molecule has 2 heterocycles. The monoisotopic (exact) mass is 234 g/mol. The fourth-order valence-electron chi connectivity index (χ4n) is 3.01. The zero-order valence-electron chi connectivity index (χ0n) is 9.96. The lowest BCUT2D eigenvalue weighted by Gasteiger charge is -2.43. The van der Waals surface area contributed by atoms with Crippen molar-refractivity contribution in [2.45, 2.75) is 38.3 Å². The minimum Gasteiger partial charge on any atom is -0.300 e. The van der Waals surface area contributed by atoms with Crippen molar-refractivity contribution < 1.29 is 4.79 Å². The molecule has 1 aromatic heterocycles. The number of likely N-dealkylation sites (tertiary alicyclic amines) is 1. The molecule has 0 bridgehead atoms. The molecule has 0 N–H and O–H groups in total. The van der Waals surface area contributed by atoms with Crippen LogP contribution in [0.25, 0.3) is 0 Å². The van der Waals surface area contributed by atoms with Crippen molar-refractivity contribution in [1.82, 2.24) is 19.9 Å². The van der Waals surface area contributed by atoms with Gasteiger partial charge >= 0.3 is 0 Å². The molecule has 1 aliphatic heterocycles. The van der Waals surface area contributed by atoms with E-state index in [1.54, 1.807) is 10.9 Å². The van der Waals surface area contributed by atoms with Gasteiger partial charge in [0.2, 0.25) is 0 Å². The SMILES string of the molecule is O=Cc1cn(CC2CN(C3CCCC3)C2)nn1. The minimum absolute atomic E-state index is 0.428. The van der Waals surface area contributed by atoms with Gasteiger partial charge in [-0.15, -0.1) is 5.10 Å². The standard InChI is InChI=1S/C12H18N4O/c17-9-11-8-16(14-13-11)7-10-5-15(6-10)12-3-1-2-4-12/h8-10,12H,1-7H2. The van der Waals surface area contributed by atoms with E-state index in [2.05, 4.69) is 15.2 Å². The lowest BCUT2D eigenvalue weighted by atomic mass is 9.97. The highest BCUT2D eigenvalue weighted by atomic mass is 16.1. The number of aromatic nitrogens is 3. The maximum atomic E-state index is 10.5.